The van der Waals surface area contributed by atoms with Crippen molar-refractivity contribution in [2.45, 2.75) is 19.4 Å². The summed E-state index contributed by atoms with van der Waals surface area (Å²) in [5.74, 6) is 0.881. The number of hydrogen-bond acceptors (Lipinski definition) is 1. The van der Waals surface area contributed by atoms with Crippen molar-refractivity contribution in [2.75, 3.05) is 5.33 Å². The van der Waals surface area contributed by atoms with Gasteiger partial charge in [-0.2, -0.15) is 0 Å². The van der Waals surface area contributed by atoms with E-state index >= 15 is 0 Å². The second kappa shape index (κ2) is 4.47. The van der Waals surface area contributed by atoms with Gasteiger partial charge in [0.25, 0.3) is 0 Å². The van der Waals surface area contributed by atoms with Crippen LogP contribution in [-0.4, -0.2) is 10.9 Å². The zero-order valence-electron chi connectivity index (χ0n) is 7.68. The second-order valence-corrected chi connectivity index (χ2v) is 4.84. The fourth-order valence-electron chi connectivity index (χ4n) is 0.852. The average molecular weight is 308 g/mol. The lowest BCUT2D eigenvalue weighted by Crippen LogP contribution is -2.29. The van der Waals surface area contributed by atoms with Crippen LogP contribution in [0.3, 0.4) is 0 Å². The van der Waals surface area contributed by atoms with E-state index in [0.29, 0.717) is 0 Å². The van der Waals surface area contributed by atoms with Crippen molar-refractivity contribution in [1.82, 2.24) is 0 Å². The van der Waals surface area contributed by atoms with Crippen LogP contribution < -0.4 is 4.74 Å². The van der Waals surface area contributed by atoms with Gasteiger partial charge < -0.3 is 4.74 Å². The number of alkyl halides is 1. The van der Waals surface area contributed by atoms with E-state index in [-0.39, 0.29) is 5.60 Å². The molecule has 0 N–H and O–H groups in total. The van der Waals surface area contributed by atoms with Gasteiger partial charge in [-0.15, -0.1) is 0 Å². The maximum Gasteiger partial charge on any atom is 0.134 e. The summed E-state index contributed by atoms with van der Waals surface area (Å²) in [5.41, 5.74) is -0.177. The van der Waals surface area contributed by atoms with Crippen LogP contribution in [0.2, 0.25) is 0 Å². The molecule has 0 fully saturated rings. The number of ether oxygens (including phenoxy) is 1. The van der Waals surface area contributed by atoms with E-state index in [1.807, 2.05) is 38.1 Å². The van der Waals surface area contributed by atoms with Crippen LogP contribution in [0, 0.1) is 0 Å². The molecule has 0 spiro atoms. The molecule has 0 saturated heterocycles. The molecule has 0 aliphatic heterocycles. The molecular formula is C10H12Br2O. The number of hydrogen-bond donors (Lipinski definition) is 0. The van der Waals surface area contributed by atoms with Gasteiger partial charge in [-0.3, -0.25) is 0 Å². The van der Waals surface area contributed by atoms with Crippen LogP contribution in [0.25, 0.3) is 0 Å². The van der Waals surface area contributed by atoms with Crippen LogP contribution in [-0.2, 0) is 0 Å². The van der Waals surface area contributed by atoms with Crippen molar-refractivity contribution in [3.63, 3.8) is 0 Å². The molecule has 1 aromatic rings. The maximum absolute atomic E-state index is 5.79. The molecule has 0 aromatic heterocycles. The zero-order chi connectivity index (χ0) is 9.90. The molecular weight excluding hydrogens is 296 g/mol. The molecule has 0 heterocycles. The van der Waals surface area contributed by atoms with E-state index in [4.69, 9.17) is 4.74 Å². The smallest absolute Gasteiger partial charge is 0.134 e. The van der Waals surface area contributed by atoms with Gasteiger partial charge >= 0.3 is 0 Å². The van der Waals surface area contributed by atoms with Gasteiger partial charge in [-0.25, -0.2) is 0 Å². The van der Waals surface area contributed by atoms with Crippen LogP contribution >= 0.6 is 31.9 Å². The van der Waals surface area contributed by atoms with Gasteiger partial charge in [-0.05, 0) is 41.9 Å². The minimum Gasteiger partial charge on any atom is -0.486 e. The Morgan fingerprint density at radius 1 is 1.31 bits per heavy atom. The molecule has 0 aliphatic rings. The van der Waals surface area contributed by atoms with E-state index in [1.54, 1.807) is 0 Å². The summed E-state index contributed by atoms with van der Waals surface area (Å²) in [6.45, 7) is 4.09. The first-order chi connectivity index (χ1) is 6.05. The second-order valence-electron chi connectivity index (χ2n) is 3.43. The van der Waals surface area contributed by atoms with Gasteiger partial charge in [-0.1, -0.05) is 28.1 Å². The zero-order valence-corrected chi connectivity index (χ0v) is 10.9. The monoisotopic (exact) mass is 306 g/mol. The van der Waals surface area contributed by atoms with Crippen molar-refractivity contribution < 1.29 is 4.74 Å². The van der Waals surface area contributed by atoms with Crippen LogP contribution in [0.15, 0.2) is 28.7 Å². The van der Waals surface area contributed by atoms with Gasteiger partial charge in [0.1, 0.15) is 11.4 Å². The molecule has 13 heavy (non-hydrogen) atoms. The average Bonchev–Trinajstić information content (AvgIpc) is 2.09. The van der Waals surface area contributed by atoms with Crippen molar-refractivity contribution in [1.29, 1.82) is 0 Å². The first-order valence-corrected chi connectivity index (χ1v) is 5.96. The van der Waals surface area contributed by atoms with Crippen LogP contribution in [0.1, 0.15) is 13.8 Å². The summed E-state index contributed by atoms with van der Waals surface area (Å²) >= 11 is 6.85. The van der Waals surface area contributed by atoms with Crippen molar-refractivity contribution in [3.8, 4) is 5.75 Å². The minimum atomic E-state index is -0.177. The van der Waals surface area contributed by atoms with Gasteiger partial charge in [0.05, 0.1) is 4.47 Å². The van der Waals surface area contributed by atoms with Gasteiger partial charge in [0.15, 0.2) is 0 Å². The minimum absolute atomic E-state index is 0.177. The Labute approximate surface area is 95.7 Å². The summed E-state index contributed by atoms with van der Waals surface area (Å²) in [6.07, 6.45) is 0. The Morgan fingerprint density at radius 3 is 2.46 bits per heavy atom. The summed E-state index contributed by atoms with van der Waals surface area (Å²) in [4.78, 5) is 0. The summed E-state index contributed by atoms with van der Waals surface area (Å²) in [6, 6.07) is 7.86. The first kappa shape index (κ1) is 11.1. The van der Waals surface area contributed by atoms with E-state index in [9.17, 15) is 0 Å². The lowest BCUT2D eigenvalue weighted by molar-refractivity contribution is 0.136. The maximum atomic E-state index is 5.79. The van der Waals surface area contributed by atoms with Gasteiger partial charge in [0, 0.05) is 5.33 Å². The third-order valence-corrected chi connectivity index (χ3v) is 3.55. The Hall–Kier alpha value is -0.0200. The van der Waals surface area contributed by atoms with E-state index < -0.39 is 0 Å². The van der Waals surface area contributed by atoms with E-state index in [2.05, 4.69) is 31.9 Å². The molecule has 0 amide bonds. The Bertz CT molecular complexity index is 284. The molecule has 3 heteroatoms. The predicted octanol–water partition coefficient (Wildman–Crippen LogP) is 4.00. The van der Waals surface area contributed by atoms with Crippen LogP contribution in [0.5, 0.6) is 5.75 Å². The standard InChI is InChI=1S/C10H12Br2O/c1-10(2,7-11)13-9-6-4-3-5-8(9)12/h3-6H,7H2,1-2H3. The fraction of sp³-hybridized carbons (Fsp3) is 0.400. The molecule has 0 bridgehead atoms. The SMILES string of the molecule is CC(C)(CBr)Oc1ccccc1Br. The molecule has 1 rings (SSSR count). The van der Waals surface area contributed by atoms with E-state index in [0.717, 1.165) is 15.6 Å². The third kappa shape index (κ3) is 3.31. The highest BCUT2D eigenvalue weighted by molar-refractivity contribution is 9.10. The molecule has 0 unspecified atom stereocenters. The molecule has 0 atom stereocenters. The number of benzene rings is 1. The summed E-state index contributed by atoms with van der Waals surface area (Å²) < 4.78 is 6.78. The van der Waals surface area contributed by atoms with Crippen molar-refractivity contribution >= 4 is 31.9 Å². The number of halogens is 2. The summed E-state index contributed by atoms with van der Waals surface area (Å²) in [5, 5.41) is 0.807. The first-order valence-electron chi connectivity index (χ1n) is 4.05. The highest BCUT2D eigenvalue weighted by Gasteiger charge is 2.18. The molecule has 1 nitrogen and oxygen atoms in total. The van der Waals surface area contributed by atoms with Crippen molar-refractivity contribution in [3.05, 3.63) is 28.7 Å². The highest BCUT2D eigenvalue weighted by Crippen LogP contribution is 2.28. The lowest BCUT2D eigenvalue weighted by atomic mass is 10.2. The largest absolute Gasteiger partial charge is 0.486 e. The quantitative estimate of drug-likeness (QED) is 0.767. The van der Waals surface area contributed by atoms with Gasteiger partial charge in [0.2, 0.25) is 0 Å². The lowest BCUT2D eigenvalue weighted by Gasteiger charge is -2.24. The van der Waals surface area contributed by atoms with Crippen molar-refractivity contribution in [2.24, 2.45) is 0 Å². The Kier molecular flexibility index (Phi) is 3.80. The van der Waals surface area contributed by atoms with Crippen LogP contribution in [0.4, 0.5) is 0 Å². The normalized spacial score (nSPS) is 11.4. The molecule has 0 aliphatic carbocycles. The number of para-hydroxylation sites is 1. The molecule has 1 aromatic carbocycles. The molecule has 0 saturated carbocycles. The Morgan fingerprint density at radius 2 is 1.92 bits per heavy atom. The third-order valence-electron chi connectivity index (χ3n) is 1.54. The molecule has 72 valence electrons. The van der Waals surface area contributed by atoms with E-state index in [1.165, 1.54) is 0 Å². The summed E-state index contributed by atoms with van der Waals surface area (Å²) in [7, 11) is 0. The fourth-order valence-corrected chi connectivity index (χ4v) is 1.33. The number of rotatable bonds is 3. The Balaban J connectivity index is 2.80. The topological polar surface area (TPSA) is 9.23 Å². The molecule has 0 radical (unpaired) electrons. The predicted molar refractivity (Wildman–Crippen MR) is 62.6 cm³/mol. The highest BCUT2D eigenvalue weighted by atomic mass is 79.9.